The Labute approximate surface area is 175 Å². The van der Waals surface area contributed by atoms with E-state index in [1.165, 1.54) is 35.5 Å². The Morgan fingerprint density at radius 3 is 2.87 bits per heavy atom. The van der Waals surface area contributed by atoms with Crippen LogP contribution in [0.2, 0.25) is 0 Å². The van der Waals surface area contributed by atoms with Crippen molar-refractivity contribution in [1.29, 1.82) is 0 Å². The molecule has 1 heterocycles. The van der Waals surface area contributed by atoms with Crippen molar-refractivity contribution < 1.29 is 14.3 Å². The topological polar surface area (TPSA) is 65.5 Å². The number of nitrogens with one attached hydrogen (secondary N) is 1. The van der Waals surface area contributed by atoms with E-state index in [1.807, 2.05) is 18.0 Å². The van der Waals surface area contributed by atoms with E-state index in [2.05, 4.69) is 28.5 Å². The quantitative estimate of drug-likeness (QED) is 0.589. The van der Waals surface area contributed by atoms with Gasteiger partial charge in [-0.05, 0) is 66.8 Å². The zero-order valence-electron chi connectivity index (χ0n) is 16.8. The number of pyridine rings is 1. The fourth-order valence-electron chi connectivity index (χ4n) is 4.11. The highest BCUT2D eigenvalue weighted by Crippen LogP contribution is 2.35. The molecule has 0 radical (unpaired) electrons. The summed E-state index contributed by atoms with van der Waals surface area (Å²) >= 11 is 0. The molecule has 154 valence electrons. The van der Waals surface area contributed by atoms with Gasteiger partial charge < -0.3 is 15.3 Å². The number of halogens is 1. The number of hydrogen-bond acceptors (Lipinski definition) is 4. The SMILES string of the molecule is CN(c1cccc(F)c1)c1ccc2c(c1)CCC[C@H]2CNc1cnccc1C(=O)O. The predicted octanol–water partition coefficient (Wildman–Crippen LogP) is 5.22. The summed E-state index contributed by atoms with van der Waals surface area (Å²) in [6.07, 6.45) is 6.17. The molecular formula is C24H24FN3O2. The molecule has 0 amide bonds. The molecule has 4 rings (SSSR count). The average Bonchev–Trinajstić information content (AvgIpc) is 2.76. The van der Waals surface area contributed by atoms with Crippen LogP contribution >= 0.6 is 0 Å². The molecule has 1 aromatic heterocycles. The van der Waals surface area contributed by atoms with Crippen molar-refractivity contribution in [1.82, 2.24) is 4.98 Å². The van der Waals surface area contributed by atoms with E-state index in [0.717, 1.165) is 30.6 Å². The van der Waals surface area contributed by atoms with Crippen LogP contribution in [0.15, 0.2) is 60.9 Å². The van der Waals surface area contributed by atoms with Crippen LogP contribution in [0.1, 0.15) is 40.2 Å². The first kappa shape index (κ1) is 19.9. The van der Waals surface area contributed by atoms with Crippen LogP contribution in [0.4, 0.5) is 21.5 Å². The van der Waals surface area contributed by atoms with E-state index < -0.39 is 5.97 Å². The Morgan fingerprint density at radius 2 is 2.07 bits per heavy atom. The average molecular weight is 405 g/mol. The lowest BCUT2D eigenvalue weighted by molar-refractivity contribution is 0.0697. The number of rotatable bonds is 6. The smallest absolute Gasteiger partial charge is 0.337 e. The first-order chi connectivity index (χ1) is 14.5. The lowest BCUT2D eigenvalue weighted by Crippen LogP contribution is -2.20. The van der Waals surface area contributed by atoms with E-state index in [-0.39, 0.29) is 11.4 Å². The number of fused-ring (bicyclic) bond motifs is 1. The molecule has 1 atom stereocenters. The molecule has 0 bridgehead atoms. The van der Waals surface area contributed by atoms with Gasteiger partial charge in [0.25, 0.3) is 0 Å². The van der Waals surface area contributed by atoms with E-state index >= 15 is 0 Å². The molecule has 0 saturated heterocycles. The minimum Gasteiger partial charge on any atom is -0.478 e. The Bertz CT molecular complexity index is 1070. The molecule has 30 heavy (non-hydrogen) atoms. The normalized spacial score (nSPS) is 15.3. The van der Waals surface area contributed by atoms with Crippen molar-refractivity contribution in [3.05, 3.63) is 83.4 Å². The maximum atomic E-state index is 13.6. The lowest BCUT2D eigenvalue weighted by atomic mass is 9.82. The molecule has 2 N–H and O–H groups in total. The Hall–Kier alpha value is -3.41. The van der Waals surface area contributed by atoms with Crippen molar-refractivity contribution in [3.8, 4) is 0 Å². The second-order valence-electron chi connectivity index (χ2n) is 7.62. The van der Waals surface area contributed by atoms with E-state index in [0.29, 0.717) is 18.2 Å². The minimum absolute atomic E-state index is 0.230. The number of carboxylic acid groups (broad SMARTS) is 1. The number of carbonyl (C=O) groups is 1. The number of benzene rings is 2. The second-order valence-corrected chi connectivity index (χ2v) is 7.62. The fourth-order valence-corrected chi connectivity index (χ4v) is 4.11. The maximum Gasteiger partial charge on any atom is 0.337 e. The number of nitrogens with zero attached hydrogens (tertiary/aromatic N) is 2. The Kier molecular flexibility index (Phi) is 5.65. The van der Waals surface area contributed by atoms with Gasteiger partial charge in [0, 0.05) is 37.1 Å². The molecule has 0 unspecified atom stereocenters. The summed E-state index contributed by atoms with van der Waals surface area (Å²) in [6.45, 7) is 0.651. The number of anilines is 3. The summed E-state index contributed by atoms with van der Waals surface area (Å²) in [6, 6.07) is 14.5. The Balaban J connectivity index is 1.53. The molecule has 2 aromatic carbocycles. The van der Waals surface area contributed by atoms with Gasteiger partial charge in [-0.2, -0.15) is 0 Å². The van der Waals surface area contributed by atoms with Crippen LogP contribution in [-0.2, 0) is 6.42 Å². The second kappa shape index (κ2) is 8.53. The van der Waals surface area contributed by atoms with Gasteiger partial charge in [0.15, 0.2) is 0 Å². The van der Waals surface area contributed by atoms with Crippen LogP contribution in [0, 0.1) is 5.82 Å². The van der Waals surface area contributed by atoms with Crippen molar-refractivity contribution in [2.75, 3.05) is 23.8 Å². The monoisotopic (exact) mass is 405 g/mol. The fraction of sp³-hybridized carbons (Fsp3) is 0.250. The molecule has 0 spiro atoms. The van der Waals surface area contributed by atoms with E-state index in [9.17, 15) is 14.3 Å². The number of hydrogen-bond donors (Lipinski definition) is 2. The number of aromatic nitrogens is 1. The summed E-state index contributed by atoms with van der Waals surface area (Å²) in [7, 11) is 1.94. The van der Waals surface area contributed by atoms with Crippen LogP contribution in [0.3, 0.4) is 0 Å². The number of carboxylic acids is 1. The standard InChI is InChI=1S/C24H24FN3O2/c1-28(19-7-3-6-18(25)13-19)20-8-9-21-16(12-20)4-2-5-17(21)14-27-23-15-26-11-10-22(23)24(29)30/h3,6-13,15,17,27H,2,4-5,14H2,1H3,(H,29,30)/t17-/m0/s1. The van der Waals surface area contributed by atoms with Crippen molar-refractivity contribution in [2.24, 2.45) is 0 Å². The van der Waals surface area contributed by atoms with Crippen LogP contribution in [-0.4, -0.2) is 29.7 Å². The third-order valence-corrected chi connectivity index (χ3v) is 5.74. The van der Waals surface area contributed by atoms with Gasteiger partial charge in [-0.3, -0.25) is 4.98 Å². The first-order valence-electron chi connectivity index (χ1n) is 10.1. The van der Waals surface area contributed by atoms with Gasteiger partial charge in [-0.25, -0.2) is 9.18 Å². The van der Waals surface area contributed by atoms with Gasteiger partial charge in [-0.15, -0.1) is 0 Å². The summed E-state index contributed by atoms with van der Waals surface area (Å²) in [5, 5.41) is 12.6. The highest BCUT2D eigenvalue weighted by Gasteiger charge is 2.22. The van der Waals surface area contributed by atoms with E-state index in [4.69, 9.17) is 0 Å². The first-order valence-corrected chi connectivity index (χ1v) is 10.1. The summed E-state index contributed by atoms with van der Waals surface area (Å²) < 4.78 is 13.6. The zero-order valence-corrected chi connectivity index (χ0v) is 16.8. The summed E-state index contributed by atoms with van der Waals surface area (Å²) in [4.78, 5) is 17.4. The zero-order chi connectivity index (χ0) is 21.1. The molecule has 1 aliphatic carbocycles. The van der Waals surface area contributed by atoms with Crippen molar-refractivity contribution in [3.63, 3.8) is 0 Å². The van der Waals surface area contributed by atoms with Crippen LogP contribution < -0.4 is 10.2 Å². The Morgan fingerprint density at radius 1 is 1.23 bits per heavy atom. The van der Waals surface area contributed by atoms with Gasteiger partial charge >= 0.3 is 5.97 Å². The molecule has 0 saturated carbocycles. The molecule has 1 aliphatic rings. The number of aromatic carboxylic acids is 1. The highest BCUT2D eigenvalue weighted by molar-refractivity contribution is 5.93. The van der Waals surface area contributed by atoms with Crippen molar-refractivity contribution >= 4 is 23.0 Å². The summed E-state index contributed by atoms with van der Waals surface area (Å²) in [5.74, 6) is -0.919. The third-order valence-electron chi connectivity index (χ3n) is 5.74. The van der Waals surface area contributed by atoms with Gasteiger partial charge in [0.2, 0.25) is 0 Å². The third kappa shape index (κ3) is 4.13. The van der Waals surface area contributed by atoms with Gasteiger partial charge in [0.05, 0.1) is 17.4 Å². The predicted molar refractivity (Wildman–Crippen MR) is 116 cm³/mol. The van der Waals surface area contributed by atoms with Crippen LogP contribution in [0.25, 0.3) is 0 Å². The molecular weight excluding hydrogens is 381 g/mol. The molecule has 0 fully saturated rings. The van der Waals surface area contributed by atoms with Crippen LogP contribution in [0.5, 0.6) is 0 Å². The maximum absolute atomic E-state index is 13.6. The lowest BCUT2D eigenvalue weighted by Gasteiger charge is -2.28. The van der Waals surface area contributed by atoms with Gasteiger partial charge in [0.1, 0.15) is 5.82 Å². The van der Waals surface area contributed by atoms with Crippen molar-refractivity contribution in [2.45, 2.75) is 25.2 Å². The molecule has 6 heteroatoms. The van der Waals surface area contributed by atoms with Gasteiger partial charge in [-0.1, -0.05) is 12.1 Å². The minimum atomic E-state index is -0.964. The highest BCUT2D eigenvalue weighted by atomic mass is 19.1. The van der Waals surface area contributed by atoms with E-state index in [1.54, 1.807) is 12.3 Å². The molecule has 3 aromatic rings. The summed E-state index contributed by atoms with van der Waals surface area (Å²) in [5.41, 5.74) is 5.17. The number of aryl methyl sites for hydroxylation is 1. The largest absolute Gasteiger partial charge is 0.478 e. The molecule has 0 aliphatic heterocycles. The molecule has 5 nitrogen and oxygen atoms in total.